The molecule has 0 spiro atoms. The molecule has 0 bridgehead atoms. The quantitative estimate of drug-likeness (QED) is 0.543. The minimum absolute atomic E-state index is 0. The topological polar surface area (TPSA) is 87.1 Å². The summed E-state index contributed by atoms with van der Waals surface area (Å²) in [4.78, 5) is 19.6. The Labute approximate surface area is 194 Å². The molecule has 4 rings (SSSR count). The number of carbonyl (C=O) groups is 1. The standard InChI is InChI=1S/C24H28N6O.ClH/c1-4-5-10-21-25-24(2,3)15-22(31)30(21)16-17-11-13-18(14-12-17)19-8-6-7-9-20(19)23-26-28-29-27-23;/h6-9,11-14H,4-5,10,15-16H2,1-3H3,(H,26,27,28,29);1H. The van der Waals surface area contributed by atoms with Crippen LogP contribution in [0.3, 0.4) is 0 Å². The lowest BCUT2D eigenvalue weighted by atomic mass is 9.96. The molecular formula is C24H29ClN6O. The summed E-state index contributed by atoms with van der Waals surface area (Å²) in [6.45, 7) is 6.77. The van der Waals surface area contributed by atoms with Crippen molar-refractivity contribution in [3.8, 4) is 22.5 Å². The number of aromatic amines is 1. The number of tetrazole rings is 1. The van der Waals surface area contributed by atoms with Crippen LogP contribution in [-0.4, -0.2) is 42.8 Å². The molecule has 0 aliphatic carbocycles. The van der Waals surface area contributed by atoms with Gasteiger partial charge >= 0.3 is 0 Å². The lowest BCUT2D eigenvalue weighted by Gasteiger charge is -2.35. The van der Waals surface area contributed by atoms with E-state index in [9.17, 15) is 4.79 Å². The Hall–Kier alpha value is -3.06. The highest BCUT2D eigenvalue weighted by molar-refractivity contribution is 6.00. The number of aliphatic imine (C=N–C) groups is 1. The van der Waals surface area contributed by atoms with Gasteiger partial charge in [0.2, 0.25) is 11.7 Å². The maximum Gasteiger partial charge on any atom is 0.230 e. The number of amides is 1. The van der Waals surface area contributed by atoms with E-state index in [-0.39, 0.29) is 23.9 Å². The van der Waals surface area contributed by atoms with E-state index in [1.165, 1.54) is 0 Å². The molecule has 7 nitrogen and oxygen atoms in total. The van der Waals surface area contributed by atoms with Crippen molar-refractivity contribution in [3.05, 3.63) is 54.1 Å². The lowest BCUT2D eigenvalue weighted by molar-refractivity contribution is -0.129. The normalized spacial score (nSPS) is 15.3. The number of aromatic nitrogens is 4. The number of amidine groups is 1. The smallest absolute Gasteiger partial charge is 0.230 e. The summed E-state index contributed by atoms with van der Waals surface area (Å²) in [5.74, 6) is 1.63. The van der Waals surface area contributed by atoms with Crippen LogP contribution >= 0.6 is 12.4 Å². The first kappa shape index (κ1) is 23.6. The fraction of sp³-hybridized carbons (Fsp3) is 0.375. The zero-order valence-corrected chi connectivity index (χ0v) is 19.5. The third-order valence-electron chi connectivity index (χ3n) is 5.50. The lowest BCUT2D eigenvalue weighted by Crippen LogP contribution is -2.45. The number of hydrogen-bond acceptors (Lipinski definition) is 5. The average Bonchev–Trinajstić information content (AvgIpc) is 3.29. The fourth-order valence-electron chi connectivity index (χ4n) is 3.94. The van der Waals surface area contributed by atoms with Crippen molar-refractivity contribution in [1.29, 1.82) is 0 Å². The first-order valence-electron chi connectivity index (χ1n) is 10.8. The van der Waals surface area contributed by atoms with Crippen LogP contribution in [0.4, 0.5) is 0 Å². The Bertz CT molecular complexity index is 1080. The second kappa shape index (κ2) is 10.0. The molecule has 0 radical (unpaired) electrons. The zero-order valence-electron chi connectivity index (χ0n) is 18.7. The predicted molar refractivity (Wildman–Crippen MR) is 129 cm³/mol. The van der Waals surface area contributed by atoms with Gasteiger partial charge in [-0.15, -0.1) is 22.6 Å². The van der Waals surface area contributed by atoms with Gasteiger partial charge in [0.25, 0.3) is 0 Å². The monoisotopic (exact) mass is 452 g/mol. The van der Waals surface area contributed by atoms with Gasteiger partial charge in [-0.1, -0.05) is 61.9 Å². The van der Waals surface area contributed by atoms with E-state index in [4.69, 9.17) is 4.99 Å². The molecule has 168 valence electrons. The largest absolute Gasteiger partial charge is 0.296 e. The summed E-state index contributed by atoms with van der Waals surface area (Å²) < 4.78 is 0. The Morgan fingerprint density at radius 3 is 2.44 bits per heavy atom. The van der Waals surface area contributed by atoms with Gasteiger partial charge in [0.05, 0.1) is 18.5 Å². The number of unbranched alkanes of at least 4 members (excludes halogenated alkanes) is 1. The van der Waals surface area contributed by atoms with E-state index in [1.807, 2.05) is 43.0 Å². The Morgan fingerprint density at radius 1 is 1.06 bits per heavy atom. The zero-order chi connectivity index (χ0) is 21.8. The number of H-pyrrole nitrogens is 1. The van der Waals surface area contributed by atoms with Crippen LogP contribution < -0.4 is 0 Å². The molecule has 1 N–H and O–H groups in total. The van der Waals surface area contributed by atoms with Gasteiger partial charge in [-0.05, 0) is 42.2 Å². The molecule has 8 heteroatoms. The maximum absolute atomic E-state index is 12.9. The van der Waals surface area contributed by atoms with Crippen LogP contribution in [0.25, 0.3) is 22.5 Å². The summed E-state index contributed by atoms with van der Waals surface area (Å²) >= 11 is 0. The summed E-state index contributed by atoms with van der Waals surface area (Å²) in [6, 6.07) is 16.3. The second-order valence-electron chi connectivity index (χ2n) is 8.58. The first-order valence-corrected chi connectivity index (χ1v) is 10.8. The SMILES string of the molecule is CCCCC1=NC(C)(C)CC(=O)N1Cc1ccc(-c2ccccc2-c2nn[nH]n2)cc1.Cl. The van der Waals surface area contributed by atoms with E-state index in [0.29, 0.717) is 18.8 Å². The number of nitrogens with one attached hydrogen (secondary N) is 1. The molecule has 3 aromatic rings. The highest BCUT2D eigenvalue weighted by atomic mass is 35.5. The first-order chi connectivity index (χ1) is 15.0. The van der Waals surface area contributed by atoms with E-state index >= 15 is 0 Å². The van der Waals surface area contributed by atoms with Gasteiger partial charge in [-0.25, -0.2) is 0 Å². The Kier molecular flexibility index (Phi) is 7.40. The van der Waals surface area contributed by atoms with E-state index < -0.39 is 0 Å². The van der Waals surface area contributed by atoms with Gasteiger partial charge < -0.3 is 0 Å². The van der Waals surface area contributed by atoms with Crippen molar-refractivity contribution in [2.24, 2.45) is 4.99 Å². The minimum Gasteiger partial charge on any atom is -0.296 e. The highest BCUT2D eigenvalue weighted by Gasteiger charge is 2.33. The molecule has 2 aromatic carbocycles. The number of halogens is 1. The van der Waals surface area contributed by atoms with E-state index in [1.54, 1.807) is 0 Å². The van der Waals surface area contributed by atoms with Crippen molar-refractivity contribution < 1.29 is 4.79 Å². The van der Waals surface area contributed by atoms with Crippen LogP contribution in [0.5, 0.6) is 0 Å². The van der Waals surface area contributed by atoms with Crippen LogP contribution in [0.1, 0.15) is 52.0 Å². The molecule has 0 atom stereocenters. The summed E-state index contributed by atoms with van der Waals surface area (Å²) in [6.07, 6.45) is 3.39. The van der Waals surface area contributed by atoms with Crippen molar-refractivity contribution in [1.82, 2.24) is 25.5 Å². The summed E-state index contributed by atoms with van der Waals surface area (Å²) in [5, 5.41) is 14.4. The minimum atomic E-state index is -0.320. The third kappa shape index (κ3) is 5.22. The Balaban J connectivity index is 0.00000289. The van der Waals surface area contributed by atoms with Crippen LogP contribution in [0, 0.1) is 0 Å². The molecular weight excluding hydrogens is 424 g/mol. The number of nitrogens with zero attached hydrogens (tertiary/aromatic N) is 5. The molecule has 2 heterocycles. The number of benzene rings is 2. The maximum atomic E-state index is 12.9. The van der Waals surface area contributed by atoms with Crippen molar-refractivity contribution in [2.45, 2.75) is 58.5 Å². The van der Waals surface area contributed by atoms with Crippen LogP contribution in [0.15, 0.2) is 53.5 Å². The molecule has 0 unspecified atom stereocenters. The molecule has 1 amide bonds. The Morgan fingerprint density at radius 2 is 1.78 bits per heavy atom. The molecule has 1 aliphatic heterocycles. The number of rotatable bonds is 7. The molecule has 0 saturated heterocycles. The molecule has 0 fully saturated rings. The summed E-state index contributed by atoms with van der Waals surface area (Å²) in [5.41, 5.74) is 3.79. The van der Waals surface area contributed by atoms with Gasteiger partial charge in [0.15, 0.2) is 0 Å². The number of hydrogen-bond donors (Lipinski definition) is 1. The van der Waals surface area contributed by atoms with Crippen molar-refractivity contribution in [3.63, 3.8) is 0 Å². The molecule has 32 heavy (non-hydrogen) atoms. The average molecular weight is 453 g/mol. The number of carbonyl (C=O) groups excluding carboxylic acids is 1. The van der Waals surface area contributed by atoms with E-state index in [2.05, 4.69) is 51.8 Å². The van der Waals surface area contributed by atoms with Gasteiger partial charge in [0, 0.05) is 12.0 Å². The molecule has 0 saturated carbocycles. The third-order valence-corrected chi connectivity index (χ3v) is 5.50. The fourth-order valence-corrected chi connectivity index (χ4v) is 3.94. The van der Waals surface area contributed by atoms with Gasteiger partial charge in [-0.3, -0.25) is 14.7 Å². The second-order valence-corrected chi connectivity index (χ2v) is 8.58. The summed E-state index contributed by atoms with van der Waals surface area (Å²) in [7, 11) is 0. The van der Waals surface area contributed by atoms with E-state index in [0.717, 1.165) is 47.4 Å². The highest BCUT2D eigenvalue weighted by Crippen LogP contribution is 2.30. The predicted octanol–water partition coefficient (Wildman–Crippen LogP) is 5.06. The molecule has 1 aromatic heterocycles. The van der Waals surface area contributed by atoms with Gasteiger partial charge in [0.1, 0.15) is 5.84 Å². The van der Waals surface area contributed by atoms with Crippen molar-refractivity contribution >= 4 is 24.1 Å². The van der Waals surface area contributed by atoms with Gasteiger partial charge in [-0.2, -0.15) is 5.21 Å². The van der Waals surface area contributed by atoms with Crippen LogP contribution in [-0.2, 0) is 11.3 Å². The van der Waals surface area contributed by atoms with Crippen LogP contribution in [0.2, 0.25) is 0 Å². The molecule has 1 aliphatic rings. The van der Waals surface area contributed by atoms with Crippen molar-refractivity contribution in [2.75, 3.05) is 0 Å².